The molecule has 1 heterocycles. The van der Waals surface area contributed by atoms with Gasteiger partial charge in [-0.1, -0.05) is 11.6 Å². The smallest absolute Gasteiger partial charge is 0.150 e. The number of benzene rings is 1. The second-order valence-corrected chi connectivity index (χ2v) is 4.03. The molecule has 0 fully saturated rings. The monoisotopic (exact) mass is 257 g/mol. The van der Waals surface area contributed by atoms with Gasteiger partial charge >= 0.3 is 0 Å². The number of rotatable bonds is 3. The summed E-state index contributed by atoms with van der Waals surface area (Å²) in [4.78, 5) is 0. The maximum absolute atomic E-state index is 13.5. The van der Waals surface area contributed by atoms with Gasteiger partial charge in [0.25, 0.3) is 0 Å². The summed E-state index contributed by atoms with van der Waals surface area (Å²) >= 11 is 5.77. The molecule has 0 bridgehead atoms. The summed E-state index contributed by atoms with van der Waals surface area (Å²) in [5.41, 5.74) is 0.861. The van der Waals surface area contributed by atoms with Gasteiger partial charge in [-0.25, -0.2) is 8.78 Å². The van der Waals surface area contributed by atoms with Crippen molar-refractivity contribution in [3.8, 4) is 0 Å². The minimum Gasteiger partial charge on any atom is -0.373 e. The summed E-state index contributed by atoms with van der Waals surface area (Å²) in [5, 5.41) is 9.42. The molecule has 2 N–H and O–H groups in total. The van der Waals surface area contributed by atoms with Gasteiger partial charge in [0, 0.05) is 12.3 Å². The van der Waals surface area contributed by atoms with E-state index in [9.17, 15) is 8.78 Å². The third-order valence-electron chi connectivity index (χ3n) is 2.36. The second-order valence-electron chi connectivity index (χ2n) is 3.62. The molecule has 1 unspecified atom stereocenters. The first-order chi connectivity index (χ1) is 8.08. The molecule has 0 amide bonds. The minimum atomic E-state index is -0.721. The molecule has 1 atom stereocenters. The van der Waals surface area contributed by atoms with Crippen LogP contribution in [0.4, 0.5) is 14.5 Å². The van der Waals surface area contributed by atoms with Crippen LogP contribution in [-0.2, 0) is 0 Å². The Morgan fingerprint density at radius 2 is 2.18 bits per heavy atom. The Labute approximate surface area is 102 Å². The fourth-order valence-electron chi connectivity index (χ4n) is 1.48. The molecule has 2 aromatic rings. The van der Waals surface area contributed by atoms with E-state index in [0.29, 0.717) is 0 Å². The van der Waals surface area contributed by atoms with Gasteiger partial charge in [-0.15, -0.1) is 0 Å². The summed E-state index contributed by atoms with van der Waals surface area (Å²) in [6, 6.07) is 3.39. The molecule has 0 spiro atoms. The van der Waals surface area contributed by atoms with Crippen LogP contribution in [0.1, 0.15) is 18.7 Å². The van der Waals surface area contributed by atoms with E-state index in [1.165, 1.54) is 0 Å². The van der Waals surface area contributed by atoms with Crippen LogP contribution in [0.15, 0.2) is 24.4 Å². The molecule has 0 aliphatic rings. The number of aromatic nitrogens is 2. The maximum atomic E-state index is 13.5. The topological polar surface area (TPSA) is 40.7 Å². The lowest BCUT2D eigenvalue weighted by Crippen LogP contribution is -2.09. The van der Waals surface area contributed by atoms with Crippen LogP contribution in [0, 0.1) is 11.6 Å². The maximum Gasteiger partial charge on any atom is 0.150 e. The lowest BCUT2D eigenvalue weighted by Gasteiger charge is -2.15. The van der Waals surface area contributed by atoms with Gasteiger partial charge < -0.3 is 5.32 Å². The number of H-pyrrole nitrogens is 1. The lowest BCUT2D eigenvalue weighted by atomic mass is 10.2. The molecular formula is C11H10ClF2N3. The molecule has 90 valence electrons. The van der Waals surface area contributed by atoms with Crippen LogP contribution in [0.2, 0.25) is 5.02 Å². The Kier molecular flexibility index (Phi) is 3.28. The number of hydrogen-bond donors (Lipinski definition) is 2. The fraction of sp³-hybridized carbons (Fsp3) is 0.182. The van der Waals surface area contributed by atoms with Crippen molar-refractivity contribution in [2.75, 3.05) is 5.32 Å². The van der Waals surface area contributed by atoms with Crippen LogP contribution in [-0.4, -0.2) is 10.2 Å². The normalized spacial score (nSPS) is 12.5. The van der Waals surface area contributed by atoms with Gasteiger partial charge in [0.1, 0.15) is 5.82 Å². The number of nitrogens with one attached hydrogen (secondary N) is 2. The van der Waals surface area contributed by atoms with Crippen molar-refractivity contribution in [2.45, 2.75) is 13.0 Å². The Morgan fingerprint density at radius 1 is 1.41 bits per heavy atom. The molecular weight excluding hydrogens is 248 g/mol. The summed E-state index contributed by atoms with van der Waals surface area (Å²) in [5.74, 6) is -1.42. The summed E-state index contributed by atoms with van der Waals surface area (Å²) < 4.78 is 26.4. The molecule has 0 aliphatic heterocycles. The predicted molar refractivity (Wildman–Crippen MR) is 62.0 cm³/mol. The van der Waals surface area contributed by atoms with Crippen molar-refractivity contribution in [1.29, 1.82) is 0 Å². The summed E-state index contributed by atoms with van der Waals surface area (Å²) in [7, 11) is 0. The Hall–Kier alpha value is -1.62. The van der Waals surface area contributed by atoms with E-state index >= 15 is 0 Å². The molecule has 6 heteroatoms. The van der Waals surface area contributed by atoms with Gasteiger partial charge in [0.05, 0.1) is 22.4 Å². The number of halogens is 3. The van der Waals surface area contributed by atoms with E-state index in [-0.39, 0.29) is 16.8 Å². The highest BCUT2D eigenvalue weighted by atomic mass is 35.5. The molecule has 0 aliphatic carbocycles. The number of nitrogens with zero attached hydrogens (tertiary/aromatic N) is 1. The van der Waals surface area contributed by atoms with E-state index in [0.717, 1.165) is 17.8 Å². The van der Waals surface area contributed by atoms with Crippen LogP contribution < -0.4 is 5.32 Å². The van der Waals surface area contributed by atoms with Crippen LogP contribution in [0.5, 0.6) is 0 Å². The summed E-state index contributed by atoms with van der Waals surface area (Å²) in [6.45, 7) is 1.81. The molecule has 1 aromatic heterocycles. The van der Waals surface area contributed by atoms with E-state index in [4.69, 9.17) is 11.6 Å². The van der Waals surface area contributed by atoms with Gasteiger partial charge in [-0.05, 0) is 19.1 Å². The zero-order chi connectivity index (χ0) is 12.4. The van der Waals surface area contributed by atoms with Crippen molar-refractivity contribution >= 4 is 17.3 Å². The first-order valence-corrected chi connectivity index (χ1v) is 5.36. The van der Waals surface area contributed by atoms with Crippen LogP contribution in [0.3, 0.4) is 0 Å². The Bertz CT molecular complexity index is 490. The summed E-state index contributed by atoms with van der Waals surface area (Å²) in [6.07, 6.45) is 1.59. The molecule has 0 saturated heterocycles. The SMILES string of the molecule is CC(Nc1c(F)cc(F)cc1Cl)c1ccn[nH]1. The van der Waals surface area contributed by atoms with Gasteiger partial charge in [0.15, 0.2) is 5.82 Å². The third-order valence-corrected chi connectivity index (χ3v) is 2.65. The number of hydrogen-bond acceptors (Lipinski definition) is 2. The van der Waals surface area contributed by atoms with Crippen molar-refractivity contribution < 1.29 is 8.78 Å². The van der Waals surface area contributed by atoms with Gasteiger partial charge in [-0.3, -0.25) is 5.10 Å². The molecule has 0 radical (unpaired) electrons. The highest BCUT2D eigenvalue weighted by molar-refractivity contribution is 6.33. The molecule has 17 heavy (non-hydrogen) atoms. The Balaban J connectivity index is 2.25. The van der Waals surface area contributed by atoms with Crippen molar-refractivity contribution in [3.63, 3.8) is 0 Å². The zero-order valence-electron chi connectivity index (χ0n) is 8.97. The second kappa shape index (κ2) is 4.71. The van der Waals surface area contributed by atoms with E-state index in [1.54, 1.807) is 12.3 Å². The van der Waals surface area contributed by atoms with E-state index in [1.807, 2.05) is 6.92 Å². The average molecular weight is 258 g/mol. The highest BCUT2D eigenvalue weighted by Gasteiger charge is 2.14. The highest BCUT2D eigenvalue weighted by Crippen LogP contribution is 2.29. The Morgan fingerprint density at radius 3 is 2.76 bits per heavy atom. The number of aromatic amines is 1. The number of anilines is 1. The average Bonchev–Trinajstić information content (AvgIpc) is 2.76. The van der Waals surface area contributed by atoms with Crippen LogP contribution in [0.25, 0.3) is 0 Å². The first-order valence-electron chi connectivity index (χ1n) is 4.98. The largest absolute Gasteiger partial charge is 0.373 e. The predicted octanol–water partition coefficient (Wildman–Crippen LogP) is 3.51. The molecule has 3 nitrogen and oxygen atoms in total. The molecule has 0 saturated carbocycles. The fourth-order valence-corrected chi connectivity index (χ4v) is 1.73. The lowest BCUT2D eigenvalue weighted by molar-refractivity contribution is 0.583. The third kappa shape index (κ3) is 2.55. The van der Waals surface area contributed by atoms with E-state index < -0.39 is 11.6 Å². The van der Waals surface area contributed by atoms with Gasteiger partial charge in [-0.2, -0.15) is 5.10 Å². The quantitative estimate of drug-likeness (QED) is 0.883. The van der Waals surface area contributed by atoms with Crippen molar-refractivity contribution in [2.24, 2.45) is 0 Å². The van der Waals surface area contributed by atoms with Crippen molar-refractivity contribution in [3.05, 3.63) is 46.7 Å². The first kappa shape index (κ1) is 11.9. The van der Waals surface area contributed by atoms with Gasteiger partial charge in [0.2, 0.25) is 0 Å². The minimum absolute atomic E-state index is 0.00821. The van der Waals surface area contributed by atoms with Crippen molar-refractivity contribution in [1.82, 2.24) is 10.2 Å². The molecule has 2 rings (SSSR count). The molecule has 1 aromatic carbocycles. The van der Waals surface area contributed by atoms with Crippen LogP contribution >= 0.6 is 11.6 Å². The standard InChI is InChI=1S/C11H10ClF2N3/c1-6(10-2-3-15-17-10)16-11-8(12)4-7(13)5-9(11)14/h2-6,16H,1H3,(H,15,17). The van der Waals surface area contributed by atoms with E-state index in [2.05, 4.69) is 15.5 Å². The zero-order valence-corrected chi connectivity index (χ0v) is 9.72.